The van der Waals surface area contributed by atoms with E-state index in [-0.39, 0.29) is 5.75 Å². The molecule has 0 aliphatic carbocycles. The summed E-state index contributed by atoms with van der Waals surface area (Å²) in [5, 5.41) is 13.9. The first-order valence-electron chi connectivity index (χ1n) is 7.98. The van der Waals surface area contributed by atoms with E-state index in [1.54, 1.807) is 18.2 Å². The predicted molar refractivity (Wildman–Crippen MR) is 92.7 cm³/mol. The Morgan fingerprint density at radius 1 is 0.920 bits per heavy atom. The first-order chi connectivity index (χ1) is 12.3. The van der Waals surface area contributed by atoms with Crippen LogP contribution in [0.3, 0.4) is 0 Å². The topological polar surface area (TPSA) is 85.7 Å². The molecule has 0 spiro atoms. The van der Waals surface area contributed by atoms with Crippen molar-refractivity contribution >= 4 is 22.4 Å². The van der Waals surface area contributed by atoms with Gasteiger partial charge in [0, 0.05) is 11.5 Å². The average Bonchev–Trinajstić information content (AvgIpc) is 2.74. The number of benzene rings is 2. The molecule has 0 saturated heterocycles. The van der Waals surface area contributed by atoms with Crippen molar-refractivity contribution in [1.29, 1.82) is 0 Å². The molecule has 0 saturated carbocycles. The molecule has 4 rings (SSSR count). The second-order valence-electron chi connectivity index (χ2n) is 5.49. The summed E-state index contributed by atoms with van der Waals surface area (Å²) < 4.78 is 16.9. The number of aromatic hydroxyl groups is 1. The molecule has 0 radical (unpaired) electrons. The summed E-state index contributed by atoms with van der Waals surface area (Å²) in [6.07, 6.45) is 1.47. The number of hydrogen-bond acceptors (Lipinski definition) is 7. The van der Waals surface area contributed by atoms with Crippen molar-refractivity contribution in [2.75, 3.05) is 31.7 Å². The highest BCUT2D eigenvalue weighted by Crippen LogP contribution is 2.36. The molecule has 3 aromatic rings. The Labute approximate surface area is 144 Å². The number of nitrogens with one attached hydrogen (secondary N) is 1. The van der Waals surface area contributed by atoms with E-state index in [9.17, 15) is 5.11 Å². The first kappa shape index (κ1) is 15.5. The Morgan fingerprint density at radius 3 is 2.48 bits per heavy atom. The number of nitrogens with zero attached hydrogens (tertiary/aromatic N) is 2. The van der Waals surface area contributed by atoms with E-state index in [4.69, 9.17) is 14.2 Å². The van der Waals surface area contributed by atoms with Gasteiger partial charge in [-0.25, -0.2) is 9.97 Å². The smallest absolute Gasteiger partial charge is 0.163 e. The first-order valence-corrected chi connectivity index (χ1v) is 7.98. The highest BCUT2D eigenvalue weighted by Gasteiger charge is 2.14. The van der Waals surface area contributed by atoms with Gasteiger partial charge in [0.2, 0.25) is 0 Å². The molecule has 1 aliphatic rings. The van der Waals surface area contributed by atoms with E-state index < -0.39 is 0 Å². The second-order valence-corrected chi connectivity index (χ2v) is 5.49. The van der Waals surface area contributed by atoms with Crippen molar-refractivity contribution in [2.45, 2.75) is 0 Å². The van der Waals surface area contributed by atoms with Crippen LogP contribution in [-0.2, 0) is 4.74 Å². The summed E-state index contributed by atoms with van der Waals surface area (Å²) >= 11 is 0. The van der Waals surface area contributed by atoms with Gasteiger partial charge in [-0.15, -0.1) is 0 Å². The van der Waals surface area contributed by atoms with Crippen LogP contribution in [0.5, 0.6) is 17.2 Å². The van der Waals surface area contributed by atoms with Crippen LogP contribution in [0.1, 0.15) is 0 Å². The van der Waals surface area contributed by atoms with Gasteiger partial charge in [0.15, 0.2) is 11.5 Å². The predicted octanol–water partition coefficient (Wildman–Crippen LogP) is 2.87. The molecule has 0 amide bonds. The standard InChI is InChI=1S/C18H17N3O4/c22-15-4-2-1-3-13(15)21-18-12-9-16-17(10-14(12)19-11-20-18)25-8-6-23-5-7-24-16/h1-4,9-11,22H,5-8H2,(H,19,20,21). The van der Waals surface area contributed by atoms with Crippen LogP contribution >= 0.6 is 0 Å². The third-order valence-corrected chi connectivity index (χ3v) is 3.83. The molecule has 0 bridgehead atoms. The fraction of sp³-hybridized carbons (Fsp3) is 0.222. The van der Waals surface area contributed by atoms with Gasteiger partial charge < -0.3 is 24.6 Å². The van der Waals surface area contributed by atoms with Crippen LogP contribution in [0.25, 0.3) is 10.9 Å². The molecule has 0 atom stereocenters. The van der Waals surface area contributed by atoms with Crippen molar-refractivity contribution < 1.29 is 19.3 Å². The molecular formula is C18H17N3O4. The van der Waals surface area contributed by atoms with Crippen LogP contribution in [0.2, 0.25) is 0 Å². The van der Waals surface area contributed by atoms with Crippen molar-refractivity contribution in [3.8, 4) is 17.2 Å². The van der Waals surface area contributed by atoms with Crippen molar-refractivity contribution in [3.63, 3.8) is 0 Å². The van der Waals surface area contributed by atoms with Crippen LogP contribution in [-0.4, -0.2) is 41.5 Å². The third-order valence-electron chi connectivity index (χ3n) is 3.83. The monoisotopic (exact) mass is 339 g/mol. The lowest BCUT2D eigenvalue weighted by atomic mass is 10.2. The van der Waals surface area contributed by atoms with Gasteiger partial charge in [-0.1, -0.05) is 12.1 Å². The van der Waals surface area contributed by atoms with Gasteiger partial charge in [0.1, 0.15) is 31.1 Å². The summed E-state index contributed by atoms with van der Waals surface area (Å²) in [4.78, 5) is 8.61. The molecular weight excluding hydrogens is 322 g/mol. The molecule has 2 aromatic carbocycles. The minimum absolute atomic E-state index is 0.147. The molecule has 0 fully saturated rings. The summed E-state index contributed by atoms with van der Waals surface area (Å²) in [7, 11) is 0. The molecule has 1 aliphatic heterocycles. The minimum Gasteiger partial charge on any atom is -0.506 e. The van der Waals surface area contributed by atoms with E-state index in [0.29, 0.717) is 49.4 Å². The zero-order valence-electron chi connectivity index (χ0n) is 13.4. The molecule has 7 heteroatoms. The Kier molecular flexibility index (Phi) is 4.22. The lowest BCUT2D eigenvalue weighted by Crippen LogP contribution is -2.08. The minimum atomic E-state index is 0.147. The lowest BCUT2D eigenvalue weighted by Gasteiger charge is -2.14. The molecule has 7 nitrogen and oxygen atoms in total. The summed E-state index contributed by atoms with van der Waals surface area (Å²) in [6, 6.07) is 10.7. The molecule has 0 unspecified atom stereocenters. The Balaban J connectivity index is 1.76. The fourth-order valence-corrected chi connectivity index (χ4v) is 2.62. The fourth-order valence-electron chi connectivity index (χ4n) is 2.62. The quantitative estimate of drug-likeness (QED) is 0.694. The van der Waals surface area contributed by atoms with Crippen LogP contribution in [0, 0.1) is 0 Å². The Bertz CT molecular complexity index is 901. The highest BCUT2D eigenvalue weighted by molar-refractivity contribution is 5.93. The van der Waals surface area contributed by atoms with E-state index in [1.165, 1.54) is 6.33 Å². The number of ether oxygens (including phenoxy) is 3. The van der Waals surface area contributed by atoms with E-state index in [0.717, 1.165) is 10.9 Å². The molecule has 25 heavy (non-hydrogen) atoms. The van der Waals surface area contributed by atoms with Crippen LogP contribution < -0.4 is 14.8 Å². The van der Waals surface area contributed by atoms with Gasteiger partial charge in [0.05, 0.1) is 24.4 Å². The summed E-state index contributed by atoms with van der Waals surface area (Å²) in [5.74, 6) is 1.97. The second kappa shape index (κ2) is 6.82. The summed E-state index contributed by atoms with van der Waals surface area (Å²) in [6.45, 7) is 1.92. The van der Waals surface area contributed by atoms with Crippen LogP contribution in [0.4, 0.5) is 11.5 Å². The van der Waals surface area contributed by atoms with Crippen molar-refractivity contribution in [3.05, 3.63) is 42.7 Å². The maximum atomic E-state index is 9.97. The van der Waals surface area contributed by atoms with Gasteiger partial charge >= 0.3 is 0 Å². The lowest BCUT2D eigenvalue weighted by molar-refractivity contribution is 0.0877. The van der Waals surface area contributed by atoms with Gasteiger partial charge in [-0.3, -0.25) is 0 Å². The number of hydrogen-bond donors (Lipinski definition) is 2. The number of phenols is 1. The number of para-hydroxylation sites is 2. The molecule has 2 heterocycles. The maximum Gasteiger partial charge on any atom is 0.163 e. The molecule has 1 aromatic heterocycles. The largest absolute Gasteiger partial charge is 0.506 e. The average molecular weight is 339 g/mol. The SMILES string of the molecule is Oc1ccccc1Nc1ncnc2cc3c(cc12)OCCOCCO3. The zero-order valence-corrected chi connectivity index (χ0v) is 13.4. The highest BCUT2D eigenvalue weighted by atomic mass is 16.6. The number of fused-ring (bicyclic) bond motifs is 2. The Hall–Kier alpha value is -3.06. The zero-order chi connectivity index (χ0) is 17.1. The van der Waals surface area contributed by atoms with E-state index in [1.807, 2.05) is 18.2 Å². The van der Waals surface area contributed by atoms with Crippen molar-refractivity contribution in [1.82, 2.24) is 9.97 Å². The summed E-state index contributed by atoms with van der Waals surface area (Å²) in [5.41, 5.74) is 1.28. The molecule has 2 N–H and O–H groups in total. The molecule has 128 valence electrons. The van der Waals surface area contributed by atoms with Crippen molar-refractivity contribution in [2.24, 2.45) is 0 Å². The number of aromatic nitrogens is 2. The number of rotatable bonds is 2. The van der Waals surface area contributed by atoms with Gasteiger partial charge in [0.25, 0.3) is 0 Å². The number of anilines is 2. The normalized spacial score (nSPS) is 14.4. The van der Waals surface area contributed by atoms with E-state index in [2.05, 4.69) is 15.3 Å². The van der Waals surface area contributed by atoms with Gasteiger partial charge in [-0.05, 0) is 18.2 Å². The Morgan fingerprint density at radius 2 is 1.68 bits per heavy atom. The maximum absolute atomic E-state index is 9.97. The van der Waals surface area contributed by atoms with Crippen LogP contribution in [0.15, 0.2) is 42.7 Å². The third kappa shape index (κ3) is 3.27. The van der Waals surface area contributed by atoms with E-state index >= 15 is 0 Å². The van der Waals surface area contributed by atoms with Gasteiger partial charge in [-0.2, -0.15) is 0 Å². The number of phenolic OH excluding ortho intramolecular Hbond substituents is 1.